The van der Waals surface area contributed by atoms with Gasteiger partial charge in [-0.3, -0.25) is 24.5 Å². The Labute approximate surface area is 202 Å². The predicted octanol–water partition coefficient (Wildman–Crippen LogP) is 3.22. The zero-order valence-electron chi connectivity index (χ0n) is 20.3. The van der Waals surface area contributed by atoms with Crippen molar-refractivity contribution in [3.8, 4) is 0 Å². The fourth-order valence-corrected chi connectivity index (χ4v) is 4.82. The Bertz CT molecular complexity index is 866. The average molecular weight is 471 g/mol. The quantitative estimate of drug-likeness (QED) is 0.276. The molecule has 2 N–H and O–H groups in total. The topological polar surface area (TPSA) is 98.8 Å². The molecular formula is C26H38N4O4. The van der Waals surface area contributed by atoms with Crippen LogP contribution in [0.4, 0.5) is 5.69 Å². The molecule has 3 rings (SSSR count). The SMILES string of the molecule is CN(C(=O)c1c(C=O)cccc1NCCCCCCCN1CCCCC1)C1CCC(=O)NC1=O. The van der Waals surface area contributed by atoms with Crippen LogP contribution in [0.25, 0.3) is 0 Å². The number of likely N-dealkylation sites (N-methyl/N-ethyl adjacent to an activating group) is 1. The Morgan fingerprint density at radius 3 is 2.59 bits per heavy atom. The Kier molecular flexibility index (Phi) is 10.1. The summed E-state index contributed by atoms with van der Waals surface area (Å²) in [6, 6.07) is 4.40. The molecule has 34 heavy (non-hydrogen) atoms. The van der Waals surface area contributed by atoms with Crippen molar-refractivity contribution in [2.45, 2.75) is 70.3 Å². The van der Waals surface area contributed by atoms with Crippen LogP contribution in [-0.4, -0.2) is 73.1 Å². The van der Waals surface area contributed by atoms with Crippen LogP contribution in [0.3, 0.4) is 0 Å². The number of rotatable bonds is 12. The number of nitrogens with one attached hydrogen (secondary N) is 2. The van der Waals surface area contributed by atoms with E-state index in [1.54, 1.807) is 18.2 Å². The van der Waals surface area contributed by atoms with Crippen molar-refractivity contribution in [2.24, 2.45) is 0 Å². The number of benzene rings is 1. The monoisotopic (exact) mass is 470 g/mol. The molecule has 0 spiro atoms. The molecule has 186 valence electrons. The number of aldehydes is 1. The number of carbonyl (C=O) groups is 4. The second-order valence-corrected chi connectivity index (χ2v) is 9.37. The predicted molar refractivity (Wildman–Crippen MR) is 132 cm³/mol. The number of carbonyl (C=O) groups excluding carboxylic acids is 4. The van der Waals surface area contributed by atoms with Gasteiger partial charge >= 0.3 is 0 Å². The largest absolute Gasteiger partial charge is 0.384 e. The maximum absolute atomic E-state index is 13.3. The summed E-state index contributed by atoms with van der Waals surface area (Å²) in [4.78, 5) is 52.5. The summed E-state index contributed by atoms with van der Waals surface area (Å²) in [7, 11) is 1.54. The lowest BCUT2D eigenvalue weighted by Crippen LogP contribution is -2.53. The fourth-order valence-electron chi connectivity index (χ4n) is 4.82. The number of hydrogen-bond donors (Lipinski definition) is 2. The Morgan fingerprint density at radius 1 is 1.12 bits per heavy atom. The molecular weight excluding hydrogens is 432 g/mol. The summed E-state index contributed by atoms with van der Waals surface area (Å²) in [5, 5.41) is 5.60. The van der Waals surface area contributed by atoms with Crippen LogP contribution in [-0.2, 0) is 9.59 Å². The highest BCUT2D eigenvalue weighted by atomic mass is 16.2. The van der Waals surface area contributed by atoms with Crippen LogP contribution in [0.15, 0.2) is 18.2 Å². The maximum Gasteiger partial charge on any atom is 0.257 e. The van der Waals surface area contributed by atoms with E-state index in [-0.39, 0.29) is 29.9 Å². The zero-order chi connectivity index (χ0) is 24.3. The van der Waals surface area contributed by atoms with Crippen molar-refractivity contribution in [3.05, 3.63) is 29.3 Å². The van der Waals surface area contributed by atoms with E-state index in [1.807, 2.05) is 0 Å². The number of unbranched alkanes of at least 4 members (excludes halogenated alkanes) is 4. The molecule has 0 bridgehead atoms. The van der Waals surface area contributed by atoms with E-state index in [1.165, 1.54) is 70.1 Å². The average Bonchev–Trinajstić information content (AvgIpc) is 2.85. The summed E-state index contributed by atoms with van der Waals surface area (Å²) in [6.07, 6.45) is 10.9. The summed E-state index contributed by atoms with van der Waals surface area (Å²) in [5.74, 6) is -1.22. The molecule has 0 aliphatic carbocycles. The molecule has 2 saturated heterocycles. The molecule has 2 heterocycles. The molecule has 2 aliphatic heterocycles. The summed E-state index contributed by atoms with van der Waals surface area (Å²) >= 11 is 0. The third-order valence-electron chi connectivity index (χ3n) is 6.85. The molecule has 1 atom stereocenters. The van der Waals surface area contributed by atoms with Crippen LogP contribution >= 0.6 is 0 Å². The van der Waals surface area contributed by atoms with Crippen LogP contribution in [0.1, 0.15) is 84.9 Å². The fraction of sp³-hybridized carbons (Fsp3) is 0.615. The van der Waals surface area contributed by atoms with Crippen LogP contribution in [0.5, 0.6) is 0 Å². The number of hydrogen-bond acceptors (Lipinski definition) is 6. The number of amides is 3. The molecule has 2 fully saturated rings. The van der Waals surface area contributed by atoms with E-state index in [9.17, 15) is 19.2 Å². The summed E-state index contributed by atoms with van der Waals surface area (Å²) in [5.41, 5.74) is 1.15. The summed E-state index contributed by atoms with van der Waals surface area (Å²) in [6.45, 7) is 4.42. The molecule has 0 saturated carbocycles. The van der Waals surface area contributed by atoms with Crippen LogP contribution in [0.2, 0.25) is 0 Å². The Balaban J connectivity index is 1.48. The van der Waals surface area contributed by atoms with Gasteiger partial charge in [0.2, 0.25) is 11.8 Å². The van der Waals surface area contributed by atoms with Crippen molar-refractivity contribution in [1.82, 2.24) is 15.1 Å². The van der Waals surface area contributed by atoms with E-state index in [2.05, 4.69) is 15.5 Å². The molecule has 8 nitrogen and oxygen atoms in total. The third kappa shape index (κ3) is 7.13. The van der Waals surface area contributed by atoms with Gasteiger partial charge in [0.25, 0.3) is 5.91 Å². The van der Waals surface area contributed by atoms with Crippen LogP contribution < -0.4 is 10.6 Å². The lowest BCUT2D eigenvalue weighted by molar-refractivity contribution is -0.136. The van der Waals surface area contributed by atoms with Gasteiger partial charge in [0.15, 0.2) is 6.29 Å². The van der Waals surface area contributed by atoms with E-state index in [0.717, 1.165) is 12.8 Å². The van der Waals surface area contributed by atoms with Crippen molar-refractivity contribution >= 4 is 29.7 Å². The first-order valence-electron chi connectivity index (χ1n) is 12.7. The van der Waals surface area contributed by atoms with Crippen molar-refractivity contribution in [3.63, 3.8) is 0 Å². The van der Waals surface area contributed by atoms with E-state index < -0.39 is 17.9 Å². The van der Waals surface area contributed by atoms with E-state index >= 15 is 0 Å². The van der Waals surface area contributed by atoms with Crippen molar-refractivity contribution < 1.29 is 19.2 Å². The second kappa shape index (κ2) is 13.2. The highest BCUT2D eigenvalue weighted by Gasteiger charge is 2.34. The van der Waals surface area contributed by atoms with Crippen molar-refractivity contribution in [1.29, 1.82) is 0 Å². The lowest BCUT2D eigenvalue weighted by Gasteiger charge is -2.30. The lowest BCUT2D eigenvalue weighted by atomic mass is 10.0. The van der Waals surface area contributed by atoms with Gasteiger partial charge in [0, 0.05) is 31.3 Å². The Hall–Kier alpha value is -2.74. The van der Waals surface area contributed by atoms with Crippen LogP contribution in [0, 0.1) is 0 Å². The minimum absolute atomic E-state index is 0.187. The smallest absolute Gasteiger partial charge is 0.257 e. The van der Waals surface area contributed by atoms with Gasteiger partial charge in [-0.25, -0.2) is 0 Å². The molecule has 1 aromatic carbocycles. The van der Waals surface area contributed by atoms with Gasteiger partial charge in [-0.1, -0.05) is 37.8 Å². The number of nitrogens with zero attached hydrogens (tertiary/aromatic N) is 2. The minimum atomic E-state index is -0.734. The molecule has 2 aliphatic rings. The molecule has 0 aromatic heterocycles. The molecule has 1 unspecified atom stereocenters. The first kappa shape index (κ1) is 25.9. The van der Waals surface area contributed by atoms with Gasteiger partial charge in [-0.15, -0.1) is 0 Å². The number of anilines is 1. The van der Waals surface area contributed by atoms with E-state index in [0.29, 0.717) is 18.5 Å². The van der Waals surface area contributed by atoms with Gasteiger partial charge in [0.05, 0.1) is 5.56 Å². The first-order chi connectivity index (χ1) is 16.5. The zero-order valence-corrected chi connectivity index (χ0v) is 20.3. The number of imide groups is 1. The third-order valence-corrected chi connectivity index (χ3v) is 6.85. The molecule has 0 radical (unpaired) electrons. The van der Waals surface area contributed by atoms with E-state index in [4.69, 9.17) is 0 Å². The van der Waals surface area contributed by atoms with Gasteiger partial charge < -0.3 is 15.1 Å². The Morgan fingerprint density at radius 2 is 1.85 bits per heavy atom. The highest BCUT2D eigenvalue weighted by molar-refractivity contribution is 6.08. The molecule has 3 amide bonds. The van der Waals surface area contributed by atoms with Crippen molar-refractivity contribution in [2.75, 3.05) is 38.5 Å². The number of likely N-dealkylation sites (tertiary alicyclic amines) is 1. The first-order valence-corrected chi connectivity index (χ1v) is 12.7. The standard InChI is InChI=1S/C26H38N4O4/c1-29(22-13-14-23(32)28-25(22)33)26(34)24-20(19-31)11-10-12-21(24)27-15-6-3-2-4-7-16-30-17-8-5-9-18-30/h10-12,19,22,27H,2-9,13-18H2,1H3,(H,28,32,33). The number of piperidine rings is 2. The van der Waals surface area contributed by atoms with Gasteiger partial charge in [0.1, 0.15) is 6.04 Å². The molecule has 8 heteroatoms. The van der Waals surface area contributed by atoms with Gasteiger partial charge in [-0.05, 0) is 57.8 Å². The normalized spacial score (nSPS) is 18.9. The molecule has 1 aromatic rings. The minimum Gasteiger partial charge on any atom is -0.384 e. The van der Waals surface area contributed by atoms with Gasteiger partial charge in [-0.2, -0.15) is 0 Å². The maximum atomic E-state index is 13.3. The highest BCUT2D eigenvalue weighted by Crippen LogP contribution is 2.23. The second-order valence-electron chi connectivity index (χ2n) is 9.37. The summed E-state index contributed by atoms with van der Waals surface area (Å²) < 4.78 is 0.